The number of rotatable bonds is 1. The number of hydrogen-bond acceptors (Lipinski definition) is 2. The molecule has 4 heteroatoms. The third-order valence-corrected chi connectivity index (χ3v) is 1.94. The van der Waals surface area contributed by atoms with Crippen LogP contribution in [0.1, 0.15) is 10.4 Å². The van der Waals surface area contributed by atoms with Crippen LogP contribution in [0.25, 0.3) is 0 Å². The molecule has 0 radical (unpaired) electrons. The van der Waals surface area contributed by atoms with E-state index in [1.54, 1.807) is 35.4 Å². The molecule has 1 aromatic heterocycles. The van der Waals surface area contributed by atoms with Gasteiger partial charge in [0.05, 0.1) is 5.56 Å². The second-order valence-corrected chi connectivity index (χ2v) is 3.03. The van der Waals surface area contributed by atoms with Crippen LogP contribution in [-0.4, -0.2) is 22.1 Å². The third-order valence-electron chi connectivity index (χ3n) is 1.94. The maximum Gasteiger partial charge on any atom is 0.339 e. The van der Waals surface area contributed by atoms with E-state index in [1.165, 1.54) is 0 Å². The topological polar surface area (TPSA) is 45.3 Å². The molecular weight excluding hydrogens is 190 g/mol. The van der Waals surface area contributed by atoms with Crippen molar-refractivity contribution in [1.82, 2.24) is 4.98 Å². The molecule has 0 bridgehead atoms. The highest BCUT2D eigenvalue weighted by molar-refractivity contribution is 5.93. The van der Waals surface area contributed by atoms with Crippen molar-refractivity contribution in [3.8, 4) is 0 Å². The maximum absolute atomic E-state index is 11.6. The van der Waals surface area contributed by atoms with Gasteiger partial charge in [0.25, 0.3) is 0 Å². The molecule has 0 aliphatic carbocycles. The Hall–Kier alpha value is -2.10. The number of nitrogens with zero attached hydrogens (tertiary/aromatic N) is 3. The smallest absolute Gasteiger partial charge is 0.265 e. The predicted octanol–water partition coefficient (Wildman–Crippen LogP) is 1.77. The van der Waals surface area contributed by atoms with Crippen molar-refractivity contribution in [2.75, 3.05) is 6.54 Å². The lowest BCUT2D eigenvalue weighted by atomic mass is 10.3. The summed E-state index contributed by atoms with van der Waals surface area (Å²) in [4.78, 5) is 15.5. The Balaban J connectivity index is 2.17. The molecule has 1 amide bonds. The van der Waals surface area contributed by atoms with E-state index in [1.807, 2.05) is 18.2 Å². The zero-order chi connectivity index (χ0) is 10.5. The largest absolute Gasteiger partial charge is 0.339 e. The van der Waals surface area contributed by atoms with Gasteiger partial charge >= 0.3 is 5.91 Å². The molecule has 2 heterocycles. The van der Waals surface area contributed by atoms with Crippen molar-refractivity contribution in [1.29, 1.82) is 0 Å². The molecule has 1 aromatic rings. The van der Waals surface area contributed by atoms with Crippen LogP contribution in [0.15, 0.2) is 54.1 Å². The normalized spacial score (nSPS) is 16.9. The van der Waals surface area contributed by atoms with Crippen molar-refractivity contribution in [3.05, 3.63) is 54.5 Å². The van der Waals surface area contributed by atoms with Crippen LogP contribution in [-0.2, 0) is 0 Å². The number of pyridine rings is 1. The van der Waals surface area contributed by atoms with Crippen molar-refractivity contribution in [3.63, 3.8) is 0 Å². The molecule has 0 aromatic carbocycles. The van der Waals surface area contributed by atoms with Gasteiger partial charge in [0.15, 0.2) is 12.7 Å². The number of aromatic nitrogens is 1. The number of carbonyl (C=O) groups is 1. The SMILES string of the molecule is O=C(N=[N+]1C=CC=CC1)c1ccncc1. The molecule has 0 unspecified atom stereocenters. The summed E-state index contributed by atoms with van der Waals surface area (Å²) >= 11 is 0. The predicted molar refractivity (Wildman–Crippen MR) is 54.4 cm³/mol. The van der Waals surface area contributed by atoms with Gasteiger partial charge in [0.2, 0.25) is 0 Å². The van der Waals surface area contributed by atoms with Crippen LogP contribution in [0.2, 0.25) is 0 Å². The van der Waals surface area contributed by atoms with E-state index in [0.717, 1.165) is 0 Å². The molecule has 1 aliphatic rings. The van der Waals surface area contributed by atoms with Crippen molar-refractivity contribution in [2.45, 2.75) is 0 Å². The quantitative estimate of drug-likeness (QED) is 0.648. The fourth-order valence-corrected chi connectivity index (χ4v) is 1.20. The fraction of sp³-hybridized carbons (Fsp3) is 0.0909. The lowest BCUT2D eigenvalue weighted by Crippen LogP contribution is -2.08. The summed E-state index contributed by atoms with van der Waals surface area (Å²) in [7, 11) is 0. The highest BCUT2D eigenvalue weighted by Crippen LogP contribution is 2.01. The molecule has 0 saturated carbocycles. The molecule has 0 spiro atoms. The summed E-state index contributed by atoms with van der Waals surface area (Å²) in [5.41, 5.74) is 0.549. The first-order valence-corrected chi connectivity index (χ1v) is 4.62. The van der Waals surface area contributed by atoms with Crippen molar-refractivity contribution >= 4 is 5.91 Å². The summed E-state index contributed by atoms with van der Waals surface area (Å²) in [6.45, 7) is 0.632. The number of azo groups is 2. The molecule has 4 nitrogen and oxygen atoms in total. The Bertz CT molecular complexity index is 446. The van der Waals surface area contributed by atoms with Gasteiger partial charge in [-0.05, 0) is 18.2 Å². The Morgan fingerprint density at radius 3 is 2.80 bits per heavy atom. The Labute approximate surface area is 87.3 Å². The van der Waals surface area contributed by atoms with Crippen LogP contribution < -0.4 is 0 Å². The Morgan fingerprint density at radius 2 is 2.13 bits per heavy atom. The van der Waals surface area contributed by atoms with Gasteiger partial charge in [0, 0.05) is 23.6 Å². The molecule has 2 rings (SSSR count). The lowest BCUT2D eigenvalue weighted by molar-refractivity contribution is -0.513. The van der Waals surface area contributed by atoms with Gasteiger partial charge in [-0.25, -0.2) is 0 Å². The van der Waals surface area contributed by atoms with Gasteiger partial charge in [-0.15, -0.1) is 0 Å². The second-order valence-electron chi connectivity index (χ2n) is 3.03. The molecular formula is C11H10N3O+. The lowest BCUT2D eigenvalue weighted by Gasteiger charge is -1.94. The molecule has 1 aliphatic heterocycles. The number of amides is 1. The first-order chi connectivity index (χ1) is 7.36. The van der Waals surface area contributed by atoms with Crippen molar-refractivity contribution in [2.24, 2.45) is 5.11 Å². The maximum atomic E-state index is 11.6. The zero-order valence-corrected chi connectivity index (χ0v) is 8.08. The minimum Gasteiger partial charge on any atom is -0.265 e. The Morgan fingerprint density at radius 1 is 1.33 bits per heavy atom. The molecule has 74 valence electrons. The van der Waals surface area contributed by atoms with Crippen LogP contribution in [0.3, 0.4) is 0 Å². The van der Waals surface area contributed by atoms with E-state index in [2.05, 4.69) is 10.1 Å². The first-order valence-electron chi connectivity index (χ1n) is 4.62. The summed E-state index contributed by atoms with van der Waals surface area (Å²) < 4.78 is 1.60. The van der Waals surface area contributed by atoms with E-state index in [9.17, 15) is 4.79 Å². The second kappa shape index (κ2) is 4.41. The third kappa shape index (κ3) is 2.43. The highest BCUT2D eigenvalue weighted by Gasteiger charge is 2.10. The van der Waals surface area contributed by atoms with E-state index in [0.29, 0.717) is 12.1 Å². The number of allylic oxidation sites excluding steroid dienone is 2. The fourth-order valence-electron chi connectivity index (χ4n) is 1.20. The summed E-state index contributed by atoms with van der Waals surface area (Å²) in [6, 6.07) is 3.30. The minimum absolute atomic E-state index is 0.252. The number of carbonyl (C=O) groups excluding carboxylic acids is 1. The first kappa shape index (κ1) is 9.45. The van der Waals surface area contributed by atoms with Gasteiger partial charge in [0.1, 0.15) is 0 Å². The molecule has 0 fully saturated rings. The van der Waals surface area contributed by atoms with E-state index in [4.69, 9.17) is 0 Å². The standard InChI is InChI=1S/C11H10N3O/c15-11(10-4-6-12-7-5-10)13-14-8-2-1-3-9-14/h1-8H,9H2/q+1. The van der Waals surface area contributed by atoms with Crippen LogP contribution >= 0.6 is 0 Å². The molecule has 15 heavy (non-hydrogen) atoms. The van der Waals surface area contributed by atoms with E-state index in [-0.39, 0.29) is 5.91 Å². The van der Waals surface area contributed by atoms with Gasteiger partial charge < -0.3 is 0 Å². The monoisotopic (exact) mass is 200 g/mol. The summed E-state index contributed by atoms with van der Waals surface area (Å²) in [5, 5.41) is 3.93. The van der Waals surface area contributed by atoms with Gasteiger partial charge in [-0.1, -0.05) is 10.8 Å². The summed E-state index contributed by atoms with van der Waals surface area (Å²) in [6.07, 6.45) is 10.6. The molecule has 0 N–H and O–H groups in total. The Kier molecular flexibility index (Phi) is 2.78. The average Bonchev–Trinajstić information content (AvgIpc) is 2.31. The highest BCUT2D eigenvalue weighted by atomic mass is 16.1. The van der Waals surface area contributed by atoms with Gasteiger partial charge in [-0.2, -0.15) is 0 Å². The van der Waals surface area contributed by atoms with Crippen LogP contribution in [0.4, 0.5) is 0 Å². The van der Waals surface area contributed by atoms with Gasteiger partial charge in [-0.3, -0.25) is 9.78 Å². The van der Waals surface area contributed by atoms with Crippen LogP contribution in [0.5, 0.6) is 0 Å². The van der Waals surface area contributed by atoms with Crippen LogP contribution in [0, 0.1) is 0 Å². The number of hydrogen-bond donors (Lipinski definition) is 0. The van der Waals surface area contributed by atoms with E-state index < -0.39 is 0 Å². The molecule has 0 atom stereocenters. The van der Waals surface area contributed by atoms with Crippen molar-refractivity contribution < 1.29 is 9.49 Å². The summed E-state index contributed by atoms with van der Waals surface area (Å²) in [5.74, 6) is -0.252. The zero-order valence-electron chi connectivity index (χ0n) is 8.08. The van der Waals surface area contributed by atoms with E-state index >= 15 is 0 Å². The molecule has 0 saturated heterocycles. The average molecular weight is 200 g/mol. The minimum atomic E-state index is -0.252.